The molecule has 2 aromatic rings. The van der Waals surface area contributed by atoms with Gasteiger partial charge in [-0.05, 0) is 46.6 Å². The van der Waals surface area contributed by atoms with Crippen molar-refractivity contribution < 1.29 is 0 Å². The second kappa shape index (κ2) is 3.33. The SMILES string of the molecule is C1=C2c3ccccc3CC2Cc2ccccc21. The topological polar surface area (TPSA) is 0 Å². The number of allylic oxidation sites excluding steroid dienone is 1. The van der Waals surface area contributed by atoms with Crippen molar-refractivity contribution in [3.63, 3.8) is 0 Å². The molecule has 0 nitrogen and oxygen atoms in total. The van der Waals surface area contributed by atoms with E-state index in [9.17, 15) is 0 Å². The Morgan fingerprint density at radius 1 is 0.765 bits per heavy atom. The van der Waals surface area contributed by atoms with Crippen molar-refractivity contribution in [2.75, 3.05) is 0 Å². The van der Waals surface area contributed by atoms with Crippen molar-refractivity contribution in [2.45, 2.75) is 12.8 Å². The molecule has 1 atom stereocenters. The van der Waals surface area contributed by atoms with Crippen molar-refractivity contribution >= 4 is 11.6 Å². The van der Waals surface area contributed by atoms with Gasteiger partial charge in [-0.15, -0.1) is 0 Å². The molecule has 0 aromatic heterocycles. The van der Waals surface area contributed by atoms with E-state index in [1.165, 1.54) is 35.1 Å². The van der Waals surface area contributed by atoms with E-state index in [-0.39, 0.29) is 0 Å². The minimum Gasteiger partial charge on any atom is -0.0620 e. The average molecular weight is 218 g/mol. The molecule has 1 unspecified atom stereocenters. The maximum Gasteiger partial charge on any atom is -0.00743 e. The number of benzene rings is 2. The lowest BCUT2D eigenvalue weighted by molar-refractivity contribution is 0.685. The molecule has 0 saturated carbocycles. The van der Waals surface area contributed by atoms with Crippen molar-refractivity contribution in [3.8, 4) is 0 Å². The fourth-order valence-electron chi connectivity index (χ4n) is 3.25. The standard InChI is InChI=1S/C17H14/c1-2-6-13-11-17-15(9-12(13)5-1)10-14-7-3-4-8-16(14)17/h1-8,11,15H,9-10H2. The molecular weight excluding hydrogens is 204 g/mol. The van der Waals surface area contributed by atoms with Gasteiger partial charge in [0.2, 0.25) is 0 Å². The maximum absolute atomic E-state index is 2.40. The first kappa shape index (κ1) is 9.23. The Kier molecular flexibility index (Phi) is 1.81. The highest BCUT2D eigenvalue weighted by molar-refractivity contribution is 5.89. The zero-order chi connectivity index (χ0) is 11.2. The quantitative estimate of drug-likeness (QED) is 0.628. The van der Waals surface area contributed by atoms with Crippen LogP contribution in [0.3, 0.4) is 0 Å². The lowest BCUT2D eigenvalue weighted by Crippen LogP contribution is -2.08. The monoisotopic (exact) mass is 218 g/mol. The van der Waals surface area contributed by atoms with Gasteiger partial charge in [-0.25, -0.2) is 0 Å². The molecule has 0 aliphatic heterocycles. The normalized spacial score (nSPS) is 20.2. The predicted octanol–water partition coefficient (Wildman–Crippen LogP) is 3.96. The van der Waals surface area contributed by atoms with Gasteiger partial charge < -0.3 is 0 Å². The van der Waals surface area contributed by atoms with Crippen LogP contribution in [0.2, 0.25) is 0 Å². The zero-order valence-corrected chi connectivity index (χ0v) is 9.69. The van der Waals surface area contributed by atoms with Gasteiger partial charge in [0.1, 0.15) is 0 Å². The Balaban J connectivity index is 1.91. The van der Waals surface area contributed by atoms with Crippen LogP contribution in [0.5, 0.6) is 0 Å². The highest BCUT2D eigenvalue weighted by Gasteiger charge is 2.29. The second-order valence-corrected chi connectivity index (χ2v) is 5.06. The molecule has 0 heteroatoms. The van der Waals surface area contributed by atoms with Crippen LogP contribution < -0.4 is 0 Å². The number of fused-ring (bicyclic) bond motifs is 4. The minimum atomic E-state index is 0.710. The lowest BCUT2D eigenvalue weighted by Gasteiger charge is -2.20. The van der Waals surface area contributed by atoms with E-state index in [0.29, 0.717) is 5.92 Å². The highest BCUT2D eigenvalue weighted by atomic mass is 14.3. The lowest BCUT2D eigenvalue weighted by atomic mass is 9.84. The Hall–Kier alpha value is -1.82. The number of hydrogen-bond acceptors (Lipinski definition) is 0. The van der Waals surface area contributed by atoms with Crippen molar-refractivity contribution in [3.05, 3.63) is 70.8 Å². The molecule has 0 saturated heterocycles. The first-order chi connectivity index (χ1) is 8.42. The van der Waals surface area contributed by atoms with Crippen LogP contribution in [0, 0.1) is 5.92 Å². The van der Waals surface area contributed by atoms with Crippen LogP contribution in [-0.2, 0) is 12.8 Å². The summed E-state index contributed by atoms with van der Waals surface area (Å²) in [7, 11) is 0. The molecule has 17 heavy (non-hydrogen) atoms. The van der Waals surface area contributed by atoms with Gasteiger partial charge in [-0.2, -0.15) is 0 Å². The smallest absolute Gasteiger partial charge is 0.00743 e. The molecular formula is C17H14. The van der Waals surface area contributed by atoms with Gasteiger partial charge in [0.15, 0.2) is 0 Å². The Labute approximate surface area is 102 Å². The molecule has 82 valence electrons. The summed E-state index contributed by atoms with van der Waals surface area (Å²) in [6.45, 7) is 0. The first-order valence-corrected chi connectivity index (χ1v) is 6.29. The van der Waals surface area contributed by atoms with Crippen molar-refractivity contribution in [1.29, 1.82) is 0 Å². The van der Waals surface area contributed by atoms with Crippen LogP contribution >= 0.6 is 0 Å². The molecule has 2 aliphatic carbocycles. The van der Waals surface area contributed by atoms with Crippen LogP contribution in [0.25, 0.3) is 11.6 Å². The van der Waals surface area contributed by atoms with E-state index >= 15 is 0 Å². The van der Waals surface area contributed by atoms with E-state index in [0.717, 1.165) is 0 Å². The third-order valence-corrected chi connectivity index (χ3v) is 4.07. The summed E-state index contributed by atoms with van der Waals surface area (Å²) in [5.41, 5.74) is 7.48. The Bertz CT molecular complexity index is 613. The van der Waals surface area contributed by atoms with E-state index in [4.69, 9.17) is 0 Å². The van der Waals surface area contributed by atoms with Gasteiger partial charge in [0, 0.05) is 0 Å². The number of rotatable bonds is 0. The van der Waals surface area contributed by atoms with Crippen LogP contribution in [0.4, 0.5) is 0 Å². The summed E-state index contributed by atoms with van der Waals surface area (Å²) in [5, 5.41) is 0. The molecule has 0 heterocycles. The average Bonchev–Trinajstić information content (AvgIpc) is 2.73. The molecule has 0 N–H and O–H groups in total. The molecule has 0 amide bonds. The molecule has 0 spiro atoms. The molecule has 0 bridgehead atoms. The summed E-state index contributed by atoms with van der Waals surface area (Å²) in [5.74, 6) is 0.710. The maximum atomic E-state index is 2.40. The Morgan fingerprint density at radius 2 is 1.47 bits per heavy atom. The van der Waals surface area contributed by atoms with Crippen LogP contribution in [-0.4, -0.2) is 0 Å². The number of hydrogen-bond donors (Lipinski definition) is 0. The van der Waals surface area contributed by atoms with Crippen LogP contribution in [0.1, 0.15) is 22.3 Å². The summed E-state index contributed by atoms with van der Waals surface area (Å²) < 4.78 is 0. The van der Waals surface area contributed by atoms with Gasteiger partial charge in [0.25, 0.3) is 0 Å². The van der Waals surface area contributed by atoms with Gasteiger partial charge >= 0.3 is 0 Å². The summed E-state index contributed by atoms with van der Waals surface area (Å²) in [4.78, 5) is 0. The van der Waals surface area contributed by atoms with Gasteiger partial charge in [-0.1, -0.05) is 54.6 Å². The molecule has 0 radical (unpaired) electrons. The third kappa shape index (κ3) is 1.30. The summed E-state index contributed by atoms with van der Waals surface area (Å²) in [6.07, 6.45) is 4.82. The predicted molar refractivity (Wildman–Crippen MR) is 71.7 cm³/mol. The third-order valence-electron chi connectivity index (χ3n) is 4.07. The summed E-state index contributed by atoms with van der Waals surface area (Å²) in [6, 6.07) is 17.7. The first-order valence-electron chi connectivity index (χ1n) is 6.29. The fourth-order valence-corrected chi connectivity index (χ4v) is 3.25. The molecule has 4 rings (SSSR count). The van der Waals surface area contributed by atoms with E-state index < -0.39 is 0 Å². The van der Waals surface area contributed by atoms with Gasteiger partial charge in [-0.3, -0.25) is 0 Å². The zero-order valence-electron chi connectivity index (χ0n) is 9.69. The van der Waals surface area contributed by atoms with E-state index in [1.54, 1.807) is 5.57 Å². The van der Waals surface area contributed by atoms with Crippen LogP contribution in [0.15, 0.2) is 48.5 Å². The van der Waals surface area contributed by atoms with Crippen molar-refractivity contribution in [2.24, 2.45) is 5.92 Å². The van der Waals surface area contributed by atoms with E-state index in [2.05, 4.69) is 54.6 Å². The molecule has 2 aliphatic rings. The van der Waals surface area contributed by atoms with Crippen molar-refractivity contribution in [1.82, 2.24) is 0 Å². The Morgan fingerprint density at radius 3 is 2.41 bits per heavy atom. The fraction of sp³-hybridized carbons (Fsp3) is 0.176. The molecule has 2 aromatic carbocycles. The largest absolute Gasteiger partial charge is 0.0620 e. The van der Waals surface area contributed by atoms with Gasteiger partial charge in [0.05, 0.1) is 0 Å². The molecule has 0 fully saturated rings. The highest BCUT2D eigenvalue weighted by Crippen LogP contribution is 2.43. The summed E-state index contributed by atoms with van der Waals surface area (Å²) >= 11 is 0. The van der Waals surface area contributed by atoms with E-state index in [1.807, 2.05) is 0 Å². The minimum absolute atomic E-state index is 0.710. The second-order valence-electron chi connectivity index (χ2n) is 5.06.